The van der Waals surface area contributed by atoms with Crippen LogP contribution >= 0.6 is 0 Å². The predicted octanol–water partition coefficient (Wildman–Crippen LogP) is 1.52. The predicted molar refractivity (Wildman–Crippen MR) is 48.9 cm³/mol. The normalized spacial score (nSPS) is 11.0. The fourth-order valence-electron chi connectivity index (χ4n) is 0.966. The maximum atomic E-state index is 13.0. The van der Waals surface area contributed by atoms with Gasteiger partial charge in [-0.15, -0.1) is 0 Å². The molecule has 4 N–H and O–H groups in total. The molecule has 0 saturated heterocycles. The van der Waals surface area contributed by atoms with E-state index in [9.17, 15) is 8.78 Å². The van der Waals surface area contributed by atoms with Crippen molar-refractivity contribution in [2.45, 2.75) is 0 Å². The molecule has 0 aliphatic rings. The minimum Gasteiger partial charge on any atom is -0.398 e. The summed E-state index contributed by atoms with van der Waals surface area (Å²) in [5.74, 6) is -1.36. The Hall–Kier alpha value is -1.42. The van der Waals surface area contributed by atoms with E-state index < -0.39 is 11.6 Å². The van der Waals surface area contributed by atoms with E-state index >= 15 is 0 Å². The van der Waals surface area contributed by atoms with Gasteiger partial charge in [-0.05, 0) is 6.07 Å². The standard InChI is InChI=1S/C9H10F2N2/c10-6-4-8(11)7(2-1-3-12)9(13)5-6/h1-2,4-5H,3,12-13H2. The average molecular weight is 184 g/mol. The van der Waals surface area contributed by atoms with Crippen molar-refractivity contribution < 1.29 is 8.78 Å². The molecule has 0 atom stereocenters. The number of nitrogen functional groups attached to an aromatic ring is 1. The van der Waals surface area contributed by atoms with Crippen LogP contribution in [0.4, 0.5) is 14.5 Å². The van der Waals surface area contributed by atoms with Crippen molar-refractivity contribution in [1.29, 1.82) is 0 Å². The van der Waals surface area contributed by atoms with E-state index in [1.54, 1.807) is 6.08 Å². The van der Waals surface area contributed by atoms with E-state index in [-0.39, 0.29) is 17.8 Å². The van der Waals surface area contributed by atoms with Crippen LogP contribution in [0.5, 0.6) is 0 Å². The summed E-state index contributed by atoms with van der Waals surface area (Å²) in [7, 11) is 0. The maximum Gasteiger partial charge on any atom is 0.135 e. The molecule has 0 spiro atoms. The van der Waals surface area contributed by atoms with Gasteiger partial charge in [-0.3, -0.25) is 0 Å². The largest absolute Gasteiger partial charge is 0.398 e. The Morgan fingerprint density at radius 1 is 1.31 bits per heavy atom. The van der Waals surface area contributed by atoms with E-state index in [1.807, 2.05) is 0 Å². The third-order valence-corrected chi connectivity index (χ3v) is 1.55. The van der Waals surface area contributed by atoms with E-state index in [0.29, 0.717) is 0 Å². The summed E-state index contributed by atoms with van der Waals surface area (Å²) in [5, 5.41) is 0. The molecule has 0 aromatic heterocycles. The summed E-state index contributed by atoms with van der Waals surface area (Å²) in [6, 6.07) is 1.85. The van der Waals surface area contributed by atoms with Crippen LogP contribution < -0.4 is 11.5 Å². The Kier molecular flexibility index (Phi) is 2.97. The number of benzene rings is 1. The van der Waals surface area contributed by atoms with Crippen molar-refractivity contribution in [3.05, 3.63) is 35.4 Å². The Bertz CT molecular complexity index is 311. The molecule has 0 unspecified atom stereocenters. The third kappa shape index (κ3) is 2.26. The van der Waals surface area contributed by atoms with E-state index in [4.69, 9.17) is 11.5 Å². The van der Waals surface area contributed by atoms with Crippen LogP contribution in [0.2, 0.25) is 0 Å². The lowest BCUT2D eigenvalue weighted by Gasteiger charge is -2.01. The van der Waals surface area contributed by atoms with Gasteiger partial charge in [0, 0.05) is 23.9 Å². The molecule has 0 fully saturated rings. The minimum absolute atomic E-state index is 0.0715. The minimum atomic E-state index is -0.681. The summed E-state index contributed by atoms with van der Waals surface area (Å²) in [4.78, 5) is 0. The number of halogens is 2. The summed E-state index contributed by atoms with van der Waals surface area (Å²) < 4.78 is 25.6. The topological polar surface area (TPSA) is 52.0 Å². The molecule has 13 heavy (non-hydrogen) atoms. The molecular formula is C9H10F2N2. The highest BCUT2D eigenvalue weighted by atomic mass is 19.1. The van der Waals surface area contributed by atoms with Crippen molar-refractivity contribution in [1.82, 2.24) is 0 Å². The van der Waals surface area contributed by atoms with E-state index in [2.05, 4.69) is 0 Å². The van der Waals surface area contributed by atoms with Gasteiger partial charge in [-0.25, -0.2) is 8.78 Å². The lowest BCUT2D eigenvalue weighted by atomic mass is 10.1. The SMILES string of the molecule is NCC=Cc1c(N)cc(F)cc1F. The van der Waals surface area contributed by atoms with Crippen LogP contribution in [0.25, 0.3) is 6.08 Å². The van der Waals surface area contributed by atoms with Gasteiger partial charge in [-0.1, -0.05) is 12.2 Å². The molecule has 1 rings (SSSR count). The average Bonchev–Trinajstić information content (AvgIpc) is 2.02. The first-order chi connectivity index (χ1) is 6.15. The second kappa shape index (κ2) is 4.00. The van der Waals surface area contributed by atoms with Gasteiger partial charge in [0.25, 0.3) is 0 Å². The number of hydrogen-bond acceptors (Lipinski definition) is 2. The van der Waals surface area contributed by atoms with Crippen LogP contribution in [0, 0.1) is 11.6 Å². The number of rotatable bonds is 2. The fraction of sp³-hybridized carbons (Fsp3) is 0.111. The molecule has 4 heteroatoms. The van der Waals surface area contributed by atoms with Crippen LogP contribution in [-0.4, -0.2) is 6.54 Å². The van der Waals surface area contributed by atoms with Gasteiger partial charge in [0.15, 0.2) is 0 Å². The first-order valence-corrected chi connectivity index (χ1v) is 3.76. The summed E-state index contributed by atoms with van der Waals surface area (Å²) in [5.41, 5.74) is 10.8. The highest BCUT2D eigenvalue weighted by Crippen LogP contribution is 2.19. The van der Waals surface area contributed by atoms with E-state index in [0.717, 1.165) is 12.1 Å². The second-order valence-electron chi connectivity index (χ2n) is 2.53. The maximum absolute atomic E-state index is 13.0. The fourth-order valence-corrected chi connectivity index (χ4v) is 0.966. The molecule has 1 aromatic carbocycles. The van der Waals surface area contributed by atoms with Gasteiger partial charge in [-0.2, -0.15) is 0 Å². The van der Waals surface area contributed by atoms with E-state index in [1.165, 1.54) is 6.08 Å². The zero-order chi connectivity index (χ0) is 9.84. The monoisotopic (exact) mass is 184 g/mol. The molecule has 2 nitrogen and oxygen atoms in total. The number of hydrogen-bond donors (Lipinski definition) is 2. The smallest absolute Gasteiger partial charge is 0.135 e. The Labute approximate surface area is 74.8 Å². The van der Waals surface area contributed by atoms with Gasteiger partial charge in [0.05, 0.1) is 0 Å². The molecule has 0 saturated carbocycles. The molecule has 0 aliphatic heterocycles. The van der Waals surface area contributed by atoms with Crippen molar-refractivity contribution >= 4 is 11.8 Å². The molecule has 0 aliphatic carbocycles. The zero-order valence-corrected chi connectivity index (χ0v) is 6.93. The Morgan fingerprint density at radius 2 is 2.00 bits per heavy atom. The highest BCUT2D eigenvalue weighted by Gasteiger charge is 2.05. The van der Waals surface area contributed by atoms with Crippen LogP contribution in [0.1, 0.15) is 5.56 Å². The molecule has 0 radical (unpaired) electrons. The molecule has 0 bridgehead atoms. The van der Waals surface area contributed by atoms with Gasteiger partial charge in [0.2, 0.25) is 0 Å². The summed E-state index contributed by atoms with van der Waals surface area (Å²) >= 11 is 0. The van der Waals surface area contributed by atoms with Crippen LogP contribution in [-0.2, 0) is 0 Å². The quantitative estimate of drug-likeness (QED) is 0.684. The molecular weight excluding hydrogens is 174 g/mol. The molecule has 0 heterocycles. The van der Waals surface area contributed by atoms with Crippen LogP contribution in [0.3, 0.4) is 0 Å². The van der Waals surface area contributed by atoms with Gasteiger partial charge >= 0.3 is 0 Å². The van der Waals surface area contributed by atoms with Crippen molar-refractivity contribution in [2.75, 3.05) is 12.3 Å². The first kappa shape index (κ1) is 9.67. The number of anilines is 1. The van der Waals surface area contributed by atoms with Gasteiger partial charge in [0.1, 0.15) is 11.6 Å². The second-order valence-corrected chi connectivity index (χ2v) is 2.53. The Balaban J connectivity index is 3.13. The molecule has 0 amide bonds. The van der Waals surface area contributed by atoms with Crippen molar-refractivity contribution in [2.24, 2.45) is 5.73 Å². The first-order valence-electron chi connectivity index (χ1n) is 3.76. The van der Waals surface area contributed by atoms with Crippen molar-refractivity contribution in [3.8, 4) is 0 Å². The van der Waals surface area contributed by atoms with Gasteiger partial charge < -0.3 is 11.5 Å². The zero-order valence-electron chi connectivity index (χ0n) is 6.93. The third-order valence-electron chi connectivity index (χ3n) is 1.55. The number of nitrogens with two attached hydrogens (primary N) is 2. The highest BCUT2D eigenvalue weighted by molar-refractivity contribution is 5.65. The summed E-state index contributed by atoms with van der Waals surface area (Å²) in [6.45, 7) is 0.288. The van der Waals surface area contributed by atoms with Crippen molar-refractivity contribution in [3.63, 3.8) is 0 Å². The molecule has 70 valence electrons. The summed E-state index contributed by atoms with van der Waals surface area (Å²) in [6.07, 6.45) is 2.98. The Morgan fingerprint density at radius 3 is 2.54 bits per heavy atom. The molecule has 1 aromatic rings. The lowest BCUT2D eigenvalue weighted by molar-refractivity contribution is 0.583. The van der Waals surface area contributed by atoms with Crippen LogP contribution in [0.15, 0.2) is 18.2 Å². The lowest BCUT2D eigenvalue weighted by Crippen LogP contribution is -1.97.